The number of alkyl halides is 3. The predicted octanol–water partition coefficient (Wildman–Crippen LogP) is 4.85. The maximum Gasteiger partial charge on any atom is 0.418 e. The highest BCUT2D eigenvalue weighted by Gasteiger charge is 2.33. The molecule has 0 unspecified atom stereocenters. The minimum absolute atomic E-state index is 0.283. The smallest absolute Gasteiger partial charge is 0.418 e. The second-order valence-electron chi connectivity index (χ2n) is 5.61. The van der Waals surface area contributed by atoms with Crippen LogP contribution in [0.4, 0.5) is 18.9 Å². The van der Waals surface area contributed by atoms with E-state index in [2.05, 4.69) is 5.32 Å². The maximum atomic E-state index is 12.9. The Balaban J connectivity index is 2.01. The number of halogens is 3. The number of rotatable bonds is 5. The molecule has 24 heavy (non-hydrogen) atoms. The van der Waals surface area contributed by atoms with Gasteiger partial charge >= 0.3 is 6.18 Å². The van der Waals surface area contributed by atoms with E-state index in [-0.39, 0.29) is 12.3 Å². The van der Waals surface area contributed by atoms with Crippen molar-refractivity contribution in [3.8, 4) is 5.75 Å². The van der Waals surface area contributed by atoms with Gasteiger partial charge in [-0.25, -0.2) is 0 Å². The second-order valence-corrected chi connectivity index (χ2v) is 5.61. The van der Waals surface area contributed by atoms with Crippen molar-refractivity contribution in [3.05, 3.63) is 59.7 Å². The molecule has 2 rings (SSSR count). The number of anilines is 1. The number of nitrogens with one attached hydrogen (secondary N) is 1. The molecule has 0 spiro atoms. The van der Waals surface area contributed by atoms with Crippen LogP contribution in [0.5, 0.6) is 5.75 Å². The number of hydrogen-bond donors (Lipinski definition) is 1. The average molecular weight is 337 g/mol. The average Bonchev–Trinajstić information content (AvgIpc) is 2.52. The molecule has 1 amide bonds. The second kappa shape index (κ2) is 7.38. The van der Waals surface area contributed by atoms with Crippen LogP contribution < -0.4 is 10.1 Å². The highest BCUT2D eigenvalue weighted by Crippen LogP contribution is 2.34. The monoisotopic (exact) mass is 337 g/mol. The summed E-state index contributed by atoms with van der Waals surface area (Å²) < 4.78 is 44.0. The van der Waals surface area contributed by atoms with Gasteiger partial charge in [0.2, 0.25) is 0 Å². The minimum Gasteiger partial charge on any atom is -0.484 e. The van der Waals surface area contributed by atoms with Crippen molar-refractivity contribution in [2.75, 3.05) is 11.9 Å². The first-order valence-corrected chi connectivity index (χ1v) is 7.46. The van der Waals surface area contributed by atoms with E-state index < -0.39 is 17.6 Å². The van der Waals surface area contributed by atoms with E-state index in [4.69, 9.17) is 4.74 Å². The van der Waals surface area contributed by atoms with E-state index in [0.29, 0.717) is 11.7 Å². The van der Waals surface area contributed by atoms with Crippen LogP contribution >= 0.6 is 0 Å². The van der Waals surface area contributed by atoms with Crippen molar-refractivity contribution in [1.82, 2.24) is 0 Å². The number of ether oxygens (including phenoxy) is 1. The Labute approximate surface area is 138 Å². The molecular weight excluding hydrogens is 319 g/mol. The molecule has 0 saturated heterocycles. The lowest BCUT2D eigenvalue weighted by atomic mass is 10.0. The molecule has 0 aliphatic rings. The van der Waals surface area contributed by atoms with E-state index in [0.717, 1.165) is 11.6 Å². The molecule has 3 nitrogen and oxygen atoms in total. The first-order valence-electron chi connectivity index (χ1n) is 7.46. The van der Waals surface area contributed by atoms with Gasteiger partial charge in [-0.2, -0.15) is 13.2 Å². The summed E-state index contributed by atoms with van der Waals surface area (Å²) in [5, 5.41) is 2.24. The van der Waals surface area contributed by atoms with Gasteiger partial charge in [0.25, 0.3) is 5.91 Å². The third kappa shape index (κ3) is 4.75. The van der Waals surface area contributed by atoms with E-state index in [1.807, 2.05) is 32.0 Å². The number of carbonyl (C=O) groups is 1. The lowest BCUT2D eigenvalue weighted by Crippen LogP contribution is -2.22. The zero-order chi connectivity index (χ0) is 17.7. The summed E-state index contributed by atoms with van der Waals surface area (Å²) >= 11 is 0. The number of carbonyl (C=O) groups excluding carboxylic acids is 1. The van der Waals surface area contributed by atoms with Gasteiger partial charge in [0.05, 0.1) is 11.3 Å². The fraction of sp³-hybridized carbons (Fsp3) is 0.278. The van der Waals surface area contributed by atoms with Gasteiger partial charge in [-0.1, -0.05) is 38.1 Å². The Morgan fingerprint density at radius 1 is 1.12 bits per heavy atom. The van der Waals surface area contributed by atoms with Crippen LogP contribution in [0.15, 0.2) is 48.5 Å². The molecule has 0 atom stereocenters. The third-order valence-corrected chi connectivity index (χ3v) is 3.40. The molecule has 6 heteroatoms. The lowest BCUT2D eigenvalue weighted by molar-refractivity contribution is -0.137. The Bertz CT molecular complexity index is 711. The Hall–Kier alpha value is -2.50. The Morgan fingerprint density at radius 2 is 1.83 bits per heavy atom. The van der Waals surface area contributed by atoms with Gasteiger partial charge in [0, 0.05) is 0 Å². The Kier molecular flexibility index (Phi) is 5.49. The van der Waals surface area contributed by atoms with Crippen molar-refractivity contribution in [2.24, 2.45) is 0 Å². The van der Waals surface area contributed by atoms with Crippen molar-refractivity contribution in [2.45, 2.75) is 25.9 Å². The third-order valence-electron chi connectivity index (χ3n) is 3.40. The molecule has 1 N–H and O–H groups in total. The fourth-order valence-electron chi connectivity index (χ4n) is 2.14. The van der Waals surface area contributed by atoms with Crippen LogP contribution in [0.2, 0.25) is 0 Å². The van der Waals surface area contributed by atoms with Crippen molar-refractivity contribution < 1.29 is 22.7 Å². The predicted molar refractivity (Wildman–Crippen MR) is 86.1 cm³/mol. The molecule has 0 aromatic heterocycles. The highest BCUT2D eigenvalue weighted by molar-refractivity contribution is 5.92. The number of benzene rings is 2. The zero-order valence-corrected chi connectivity index (χ0v) is 13.4. The molecule has 0 fully saturated rings. The molecule has 2 aromatic carbocycles. The summed E-state index contributed by atoms with van der Waals surface area (Å²) in [4.78, 5) is 11.9. The van der Waals surface area contributed by atoms with Crippen molar-refractivity contribution >= 4 is 11.6 Å². The number of amides is 1. The molecular formula is C18H18F3NO2. The summed E-state index contributed by atoms with van der Waals surface area (Å²) in [6.45, 7) is 3.69. The SMILES string of the molecule is CC(C)c1cccc(OCC(=O)Nc2ccccc2C(F)(F)F)c1. The lowest BCUT2D eigenvalue weighted by Gasteiger charge is -2.14. The van der Waals surface area contributed by atoms with E-state index >= 15 is 0 Å². The summed E-state index contributed by atoms with van der Waals surface area (Å²) in [5.41, 5.74) is -0.120. The highest BCUT2D eigenvalue weighted by atomic mass is 19.4. The summed E-state index contributed by atoms with van der Waals surface area (Å²) in [7, 11) is 0. The van der Waals surface area contributed by atoms with Gasteiger partial charge < -0.3 is 10.1 Å². The van der Waals surface area contributed by atoms with E-state index in [1.54, 1.807) is 6.07 Å². The molecule has 2 aromatic rings. The summed E-state index contributed by atoms with van der Waals surface area (Å²) in [6.07, 6.45) is -4.53. The quantitative estimate of drug-likeness (QED) is 0.847. The van der Waals surface area contributed by atoms with Crippen LogP contribution in [0.3, 0.4) is 0 Å². The molecule has 0 bridgehead atoms. The van der Waals surface area contributed by atoms with Crippen molar-refractivity contribution in [3.63, 3.8) is 0 Å². The van der Waals surface area contributed by atoms with Crippen LogP contribution in [-0.2, 0) is 11.0 Å². The molecule has 128 valence electrons. The van der Waals surface area contributed by atoms with Crippen LogP contribution in [0, 0.1) is 0 Å². The van der Waals surface area contributed by atoms with Gasteiger partial charge in [-0.15, -0.1) is 0 Å². The van der Waals surface area contributed by atoms with Gasteiger partial charge in [0.15, 0.2) is 6.61 Å². The Morgan fingerprint density at radius 3 is 2.50 bits per heavy atom. The molecule has 0 aliphatic heterocycles. The van der Waals surface area contributed by atoms with Gasteiger partial charge in [0.1, 0.15) is 5.75 Å². The van der Waals surface area contributed by atoms with Crippen LogP contribution in [-0.4, -0.2) is 12.5 Å². The van der Waals surface area contributed by atoms with Crippen LogP contribution in [0.1, 0.15) is 30.9 Å². The number of hydrogen-bond acceptors (Lipinski definition) is 2. The summed E-state index contributed by atoms with van der Waals surface area (Å²) in [5.74, 6) is 0.156. The number of para-hydroxylation sites is 1. The first kappa shape index (κ1) is 17.8. The standard InChI is InChI=1S/C18H18F3NO2/c1-12(2)13-6-5-7-14(10-13)24-11-17(23)22-16-9-4-3-8-15(16)18(19,20)21/h3-10,12H,11H2,1-2H3,(H,22,23). The van der Waals surface area contributed by atoms with E-state index in [9.17, 15) is 18.0 Å². The largest absolute Gasteiger partial charge is 0.484 e. The molecule has 0 radical (unpaired) electrons. The zero-order valence-electron chi connectivity index (χ0n) is 13.4. The van der Waals surface area contributed by atoms with Gasteiger partial charge in [-0.3, -0.25) is 4.79 Å². The minimum atomic E-state index is -4.53. The molecule has 0 saturated carbocycles. The van der Waals surface area contributed by atoms with Crippen LogP contribution in [0.25, 0.3) is 0 Å². The normalized spacial score (nSPS) is 11.4. The molecule has 0 aliphatic carbocycles. The fourth-order valence-corrected chi connectivity index (χ4v) is 2.14. The summed E-state index contributed by atoms with van der Waals surface area (Å²) in [6, 6.07) is 12.1. The van der Waals surface area contributed by atoms with Crippen molar-refractivity contribution in [1.29, 1.82) is 0 Å². The maximum absolute atomic E-state index is 12.9. The van der Waals surface area contributed by atoms with E-state index in [1.165, 1.54) is 18.2 Å². The van der Waals surface area contributed by atoms with Gasteiger partial charge in [-0.05, 0) is 35.7 Å². The topological polar surface area (TPSA) is 38.3 Å². The first-order chi connectivity index (χ1) is 11.3. The molecule has 0 heterocycles.